The first-order chi connectivity index (χ1) is 8.25. The van der Waals surface area contributed by atoms with Crippen LogP contribution in [0.5, 0.6) is 0 Å². The number of fused-ring (bicyclic) bond motifs is 1. The summed E-state index contributed by atoms with van der Waals surface area (Å²) in [6, 6.07) is 7.93. The molecule has 0 N–H and O–H groups in total. The van der Waals surface area contributed by atoms with Crippen LogP contribution >= 0.6 is 11.6 Å². The topological polar surface area (TPSA) is 30.7 Å². The summed E-state index contributed by atoms with van der Waals surface area (Å²) in [5, 5.41) is 5.42. The normalized spacial score (nSPS) is 10.9. The predicted octanol–water partition coefficient (Wildman–Crippen LogP) is 3.21. The second-order valence-corrected chi connectivity index (χ2v) is 3.93. The smallest absolute Gasteiger partial charge is 0.140 e. The molecule has 84 valence electrons. The Hall–Kier alpha value is -1.94. The van der Waals surface area contributed by atoms with Crippen LogP contribution in [0.4, 0.5) is 4.39 Å². The van der Waals surface area contributed by atoms with Crippen LogP contribution in [0, 0.1) is 5.82 Å². The minimum Gasteiger partial charge on any atom is -0.244 e. The number of hydrogen-bond acceptors (Lipinski definition) is 2. The third-order valence-corrected chi connectivity index (χ3v) is 2.82. The van der Waals surface area contributed by atoms with Crippen molar-refractivity contribution in [3.8, 4) is 5.69 Å². The molecular formula is C12H7ClFN3. The largest absolute Gasteiger partial charge is 0.244 e. The summed E-state index contributed by atoms with van der Waals surface area (Å²) in [4.78, 5) is 3.98. The van der Waals surface area contributed by atoms with Gasteiger partial charge in [-0.3, -0.25) is 0 Å². The molecule has 3 nitrogen and oxygen atoms in total. The van der Waals surface area contributed by atoms with E-state index in [9.17, 15) is 4.39 Å². The van der Waals surface area contributed by atoms with Crippen LogP contribution < -0.4 is 0 Å². The Bertz CT molecular complexity index is 676. The molecule has 5 heteroatoms. The molecule has 2 heterocycles. The highest BCUT2D eigenvalue weighted by Crippen LogP contribution is 2.22. The maximum atomic E-state index is 12.8. The monoisotopic (exact) mass is 247 g/mol. The number of nitrogens with zero attached hydrogens (tertiary/aromatic N) is 3. The van der Waals surface area contributed by atoms with Gasteiger partial charge in [-0.1, -0.05) is 11.6 Å². The van der Waals surface area contributed by atoms with Crippen molar-refractivity contribution >= 4 is 22.5 Å². The van der Waals surface area contributed by atoms with E-state index in [1.54, 1.807) is 29.2 Å². The minimum absolute atomic E-state index is 0.273. The van der Waals surface area contributed by atoms with Gasteiger partial charge in [0.2, 0.25) is 0 Å². The molecular weight excluding hydrogens is 241 g/mol. The molecule has 0 saturated heterocycles. The zero-order chi connectivity index (χ0) is 11.8. The SMILES string of the molecule is Fc1ccc(-n2ncc3c(Cl)nccc32)cc1. The average molecular weight is 248 g/mol. The third kappa shape index (κ3) is 1.66. The van der Waals surface area contributed by atoms with Crippen molar-refractivity contribution in [3.63, 3.8) is 0 Å². The van der Waals surface area contributed by atoms with E-state index in [-0.39, 0.29) is 5.82 Å². The molecule has 0 fully saturated rings. The third-order valence-electron chi connectivity index (χ3n) is 2.52. The molecule has 17 heavy (non-hydrogen) atoms. The van der Waals surface area contributed by atoms with Crippen LogP contribution in [0.25, 0.3) is 16.6 Å². The molecule has 0 radical (unpaired) electrons. The van der Waals surface area contributed by atoms with Gasteiger partial charge in [-0.05, 0) is 30.3 Å². The second-order valence-electron chi connectivity index (χ2n) is 3.57. The molecule has 0 atom stereocenters. The maximum Gasteiger partial charge on any atom is 0.140 e. The summed E-state index contributed by atoms with van der Waals surface area (Å²) in [6.45, 7) is 0. The molecule has 0 saturated carbocycles. The van der Waals surface area contributed by atoms with Gasteiger partial charge in [0.15, 0.2) is 0 Å². The van der Waals surface area contributed by atoms with Crippen LogP contribution in [-0.2, 0) is 0 Å². The number of hydrogen-bond donors (Lipinski definition) is 0. The van der Waals surface area contributed by atoms with Crippen molar-refractivity contribution in [1.82, 2.24) is 14.8 Å². The van der Waals surface area contributed by atoms with Crippen LogP contribution in [0.1, 0.15) is 0 Å². The van der Waals surface area contributed by atoms with Crippen molar-refractivity contribution in [3.05, 3.63) is 53.7 Å². The quantitative estimate of drug-likeness (QED) is 0.618. The number of benzene rings is 1. The summed E-state index contributed by atoms with van der Waals surface area (Å²) in [5.74, 6) is -0.273. The maximum absolute atomic E-state index is 12.8. The van der Waals surface area contributed by atoms with Gasteiger partial charge in [0.05, 0.1) is 22.8 Å². The molecule has 0 unspecified atom stereocenters. The lowest BCUT2D eigenvalue weighted by molar-refractivity contribution is 0.627. The van der Waals surface area contributed by atoms with Crippen molar-refractivity contribution < 1.29 is 4.39 Å². The molecule has 3 rings (SSSR count). The van der Waals surface area contributed by atoms with Crippen molar-refractivity contribution in [1.29, 1.82) is 0 Å². The van der Waals surface area contributed by atoms with Crippen LogP contribution in [0.2, 0.25) is 5.15 Å². The Morgan fingerprint density at radius 1 is 1.12 bits per heavy atom. The Balaban J connectivity index is 2.24. The average Bonchev–Trinajstić information content (AvgIpc) is 2.75. The number of rotatable bonds is 1. The fourth-order valence-electron chi connectivity index (χ4n) is 1.71. The molecule has 1 aromatic carbocycles. The lowest BCUT2D eigenvalue weighted by Crippen LogP contribution is -1.95. The van der Waals surface area contributed by atoms with Gasteiger partial charge >= 0.3 is 0 Å². The number of aromatic nitrogens is 3. The molecule has 0 aliphatic carbocycles. The summed E-state index contributed by atoms with van der Waals surface area (Å²) in [5.41, 5.74) is 1.63. The lowest BCUT2D eigenvalue weighted by Gasteiger charge is -2.03. The van der Waals surface area contributed by atoms with E-state index in [0.717, 1.165) is 16.6 Å². The first-order valence-electron chi connectivity index (χ1n) is 5.00. The molecule has 0 aliphatic rings. The number of pyridine rings is 1. The molecule has 0 bridgehead atoms. The first kappa shape index (κ1) is 10.2. The van der Waals surface area contributed by atoms with Gasteiger partial charge < -0.3 is 0 Å². The Morgan fingerprint density at radius 3 is 2.65 bits per heavy atom. The van der Waals surface area contributed by atoms with Crippen molar-refractivity contribution in [2.45, 2.75) is 0 Å². The molecule has 0 aliphatic heterocycles. The van der Waals surface area contributed by atoms with Crippen molar-refractivity contribution in [2.75, 3.05) is 0 Å². The zero-order valence-corrected chi connectivity index (χ0v) is 9.39. The summed E-state index contributed by atoms with van der Waals surface area (Å²) in [7, 11) is 0. The summed E-state index contributed by atoms with van der Waals surface area (Å²) >= 11 is 5.96. The van der Waals surface area contributed by atoms with Gasteiger partial charge in [0.1, 0.15) is 11.0 Å². The highest BCUT2D eigenvalue weighted by molar-refractivity contribution is 6.34. The lowest BCUT2D eigenvalue weighted by atomic mass is 10.3. The zero-order valence-electron chi connectivity index (χ0n) is 8.64. The first-order valence-corrected chi connectivity index (χ1v) is 5.38. The van der Waals surface area contributed by atoms with Gasteiger partial charge in [0.25, 0.3) is 0 Å². The van der Waals surface area contributed by atoms with Crippen LogP contribution in [0.3, 0.4) is 0 Å². The predicted molar refractivity (Wildman–Crippen MR) is 63.8 cm³/mol. The van der Waals surface area contributed by atoms with E-state index >= 15 is 0 Å². The van der Waals surface area contributed by atoms with E-state index in [1.807, 2.05) is 6.07 Å². The van der Waals surface area contributed by atoms with E-state index in [1.165, 1.54) is 12.1 Å². The van der Waals surface area contributed by atoms with E-state index < -0.39 is 0 Å². The molecule has 2 aromatic heterocycles. The summed E-state index contributed by atoms with van der Waals surface area (Å²) in [6.07, 6.45) is 3.26. The second kappa shape index (κ2) is 3.82. The van der Waals surface area contributed by atoms with Gasteiger partial charge in [-0.15, -0.1) is 0 Å². The van der Waals surface area contributed by atoms with E-state index in [4.69, 9.17) is 11.6 Å². The molecule has 0 spiro atoms. The highest BCUT2D eigenvalue weighted by atomic mass is 35.5. The van der Waals surface area contributed by atoms with E-state index in [0.29, 0.717) is 5.15 Å². The highest BCUT2D eigenvalue weighted by Gasteiger charge is 2.07. The Kier molecular flexibility index (Phi) is 2.30. The molecule has 3 aromatic rings. The Labute approximate surface area is 101 Å². The minimum atomic E-state index is -0.273. The number of halogens is 2. The van der Waals surface area contributed by atoms with Crippen LogP contribution in [-0.4, -0.2) is 14.8 Å². The van der Waals surface area contributed by atoms with E-state index in [2.05, 4.69) is 10.1 Å². The van der Waals surface area contributed by atoms with Gasteiger partial charge in [-0.25, -0.2) is 14.1 Å². The molecule has 0 amide bonds. The van der Waals surface area contributed by atoms with Crippen molar-refractivity contribution in [2.24, 2.45) is 0 Å². The Morgan fingerprint density at radius 2 is 1.88 bits per heavy atom. The van der Waals surface area contributed by atoms with Gasteiger partial charge in [0, 0.05) is 6.20 Å². The summed E-state index contributed by atoms with van der Waals surface area (Å²) < 4.78 is 14.5. The van der Waals surface area contributed by atoms with Crippen LogP contribution in [0.15, 0.2) is 42.7 Å². The van der Waals surface area contributed by atoms with Gasteiger partial charge in [-0.2, -0.15) is 5.10 Å². The standard InChI is InChI=1S/C12H7ClFN3/c13-12-10-7-16-17(11(10)5-6-15-12)9-3-1-8(14)2-4-9/h1-7H. The fourth-order valence-corrected chi connectivity index (χ4v) is 1.91. The fraction of sp³-hybridized carbons (Fsp3) is 0.